The lowest BCUT2D eigenvalue weighted by molar-refractivity contribution is 0.102. The van der Waals surface area contributed by atoms with Crippen LogP contribution in [0.5, 0.6) is 5.88 Å². The first-order valence-electron chi connectivity index (χ1n) is 6.06. The van der Waals surface area contributed by atoms with Gasteiger partial charge in [-0.05, 0) is 26.2 Å². The summed E-state index contributed by atoms with van der Waals surface area (Å²) in [5.74, 6) is 1.24. The summed E-state index contributed by atoms with van der Waals surface area (Å²) in [5, 5.41) is 3.36. The van der Waals surface area contributed by atoms with Crippen LogP contribution in [0.1, 0.15) is 25.0 Å². The molecule has 0 aliphatic carbocycles. The van der Waals surface area contributed by atoms with Crippen LogP contribution in [-0.2, 0) is 4.74 Å². The van der Waals surface area contributed by atoms with Crippen molar-refractivity contribution in [3.05, 3.63) is 11.8 Å². The molecule has 3 rings (SSSR count). The number of hydrogen-bond donors (Lipinski definition) is 1. The van der Waals surface area contributed by atoms with Crippen LogP contribution in [0.2, 0.25) is 0 Å². The van der Waals surface area contributed by atoms with Crippen LogP contribution in [0.3, 0.4) is 0 Å². The predicted molar refractivity (Wildman–Crippen MR) is 63.2 cm³/mol. The molecule has 1 aromatic rings. The number of nitrogens with one attached hydrogen (secondary N) is 1. The molecule has 2 fully saturated rings. The lowest BCUT2D eigenvalue weighted by atomic mass is 9.96. The van der Waals surface area contributed by atoms with Gasteiger partial charge in [0.25, 0.3) is 0 Å². The van der Waals surface area contributed by atoms with E-state index in [1.54, 1.807) is 7.11 Å². The second-order valence-electron chi connectivity index (χ2n) is 4.74. The largest absolute Gasteiger partial charge is 0.481 e. The molecular weight excluding hydrogens is 218 g/mol. The zero-order valence-corrected chi connectivity index (χ0v) is 10.1. The second-order valence-corrected chi connectivity index (χ2v) is 4.74. The van der Waals surface area contributed by atoms with Gasteiger partial charge in [0.2, 0.25) is 11.8 Å². The van der Waals surface area contributed by atoms with E-state index >= 15 is 0 Å². The molecule has 5 heteroatoms. The van der Waals surface area contributed by atoms with Gasteiger partial charge in [-0.25, -0.2) is 4.98 Å². The van der Waals surface area contributed by atoms with Crippen LogP contribution in [0.4, 0.5) is 5.95 Å². The number of rotatable bonds is 3. The van der Waals surface area contributed by atoms with Gasteiger partial charge in [0.05, 0.1) is 25.4 Å². The SMILES string of the molecule is COc1cc(C)nc(N[C@@H]2C[C@H]3CC[C@H]2O3)n1. The van der Waals surface area contributed by atoms with E-state index in [0.717, 1.165) is 18.5 Å². The fourth-order valence-corrected chi connectivity index (χ4v) is 2.66. The molecule has 17 heavy (non-hydrogen) atoms. The number of methoxy groups -OCH3 is 1. The number of fused-ring (bicyclic) bond motifs is 2. The van der Waals surface area contributed by atoms with Crippen LogP contribution in [0, 0.1) is 6.92 Å². The minimum absolute atomic E-state index is 0.329. The van der Waals surface area contributed by atoms with E-state index in [2.05, 4.69) is 15.3 Å². The smallest absolute Gasteiger partial charge is 0.226 e. The lowest BCUT2D eigenvalue weighted by Gasteiger charge is -2.20. The normalized spacial score (nSPS) is 30.6. The highest BCUT2D eigenvalue weighted by Gasteiger charge is 2.41. The number of aryl methyl sites for hydroxylation is 1. The number of nitrogens with zero attached hydrogens (tertiary/aromatic N) is 2. The number of aromatic nitrogens is 2. The monoisotopic (exact) mass is 235 g/mol. The summed E-state index contributed by atoms with van der Waals surface area (Å²) in [6.07, 6.45) is 4.16. The van der Waals surface area contributed by atoms with Crippen molar-refractivity contribution >= 4 is 5.95 Å². The molecule has 0 saturated carbocycles. The first-order valence-corrected chi connectivity index (χ1v) is 6.06. The molecule has 0 amide bonds. The van der Waals surface area contributed by atoms with Crippen molar-refractivity contribution in [1.29, 1.82) is 0 Å². The highest BCUT2D eigenvalue weighted by atomic mass is 16.5. The Labute approximate surface area is 101 Å². The maximum absolute atomic E-state index is 5.79. The Morgan fingerprint density at radius 2 is 2.29 bits per heavy atom. The number of hydrogen-bond acceptors (Lipinski definition) is 5. The molecule has 1 N–H and O–H groups in total. The highest BCUT2D eigenvalue weighted by Crippen LogP contribution is 2.35. The molecule has 3 heterocycles. The maximum Gasteiger partial charge on any atom is 0.226 e. The van der Waals surface area contributed by atoms with Gasteiger partial charge in [-0.15, -0.1) is 0 Å². The van der Waals surface area contributed by atoms with Gasteiger partial charge < -0.3 is 14.8 Å². The minimum atomic E-state index is 0.329. The summed E-state index contributed by atoms with van der Waals surface area (Å²) < 4.78 is 10.9. The molecule has 2 saturated heterocycles. The molecule has 5 nitrogen and oxygen atoms in total. The molecule has 0 spiro atoms. The average molecular weight is 235 g/mol. The standard InChI is InChI=1S/C12H17N3O2/c1-7-5-11(16-2)15-12(13-7)14-9-6-8-3-4-10(9)17-8/h5,8-10H,3-4,6H2,1-2H3,(H,13,14,15)/t8-,9-,10-/m1/s1. The van der Waals surface area contributed by atoms with Gasteiger partial charge in [-0.1, -0.05) is 0 Å². The maximum atomic E-state index is 5.79. The molecule has 1 aromatic heterocycles. The number of anilines is 1. The van der Waals surface area contributed by atoms with E-state index in [-0.39, 0.29) is 0 Å². The summed E-state index contributed by atoms with van der Waals surface area (Å²) in [5.41, 5.74) is 0.906. The quantitative estimate of drug-likeness (QED) is 0.861. The van der Waals surface area contributed by atoms with Crippen molar-refractivity contribution in [3.8, 4) is 5.88 Å². The number of ether oxygens (including phenoxy) is 2. The van der Waals surface area contributed by atoms with E-state index < -0.39 is 0 Å². The van der Waals surface area contributed by atoms with E-state index in [1.165, 1.54) is 6.42 Å². The van der Waals surface area contributed by atoms with E-state index in [1.807, 2.05) is 13.0 Å². The van der Waals surface area contributed by atoms with Crippen LogP contribution in [0.25, 0.3) is 0 Å². The molecule has 92 valence electrons. The van der Waals surface area contributed by atoms with Crippen LogP contribution in [0.15, 0.2) is 6.07 Å². The third-order valence-electron chi connectivity index (χ3n) is 3.46. The first kappa shape index (κ1) is 10.8. The Hall–Kier alpha value is -1.36. The zero-order valence-electron chi connectivity index (χ0n) is 10.1. The molecule has 0 aromatic carbocycles. The minimum Gasteiger partial charge on any atom is -0.481 e. The Balaban J connectivity index is 1.74. The summed E-state index contributed by atoms with van der Waals surface area (Å²) in [6, 6.07) is 2.17. The van der Waals surface area contributed by atoms with Gasteiger partial charge in [-0.3, -0.25) is 0 Å². The van der Waals surface area contributed by atoms with E-state index in [4.69, 9.17) is 9.47 Å². The molecule has 2 aliphatic rings. The van der Waals surface area contributed by atoms with Crippen molar-refractivity contribution < 1.29 is 9.47 Å². The topological polar surface area (TPSA) is 56.3 Å². The highest BCUT2D eigenvalue weighted by molar-refractivity contribution is 5.32. The Bertz CT molecular complexity index is 424. The van der Waals surface area contributed by atoms with Crippen molar-refractivity contribution in [2.24, 2.45) is 0 Å². The molecule has 0 radical (unpaired) electrons. The van der Waals surface area contributed by atoms with Gasteiger partial charge in [0.1, 0.15) is 0 Å². The predicted octanol–water partition coefficient (Wildman–Crippen LogP) is 1.53. The zero-order chi connectivity index (χ0) is 11.8. The molecule has 3 atom stereocenters. The summed E-state index contributed by atoms with van der Waals surface area (Å²) in [6.45, 7) is 1.94. The van der Waals surface area contributed by atoms with Gasteiger partial charge >= 0.3 is 0 Å². The summed E-state index contributed by atoms with van der Waals surface area (Å²) in [7, 11) is 1.62. The first-order chi connectivity index (χ1) is 8.24. The second kappa shape index (κ2) is 4.14. The Kier molecular flexibility index (Phi) is 2.63. The van der Waals surface area contributed by atoms with Crippen LogP contribution >= 0.6 is 0 Å². The summed E-state index contributed by atoms with van der Waals surface area (Å²) in [4.78, 5) is 8.67. The molecule has 2 aliphatic heterocycles. The van der Waals surface area contributed by atoms with Crippen LogP contribution in [-0.4, -0.2) is 35.3 Å². The Morgan fingerprint density at radius 1 is 1.41 bits per heavy atom. The van der Waals surface area contributed by atoms with Gasteiger partial charge in [-0.2, -0.15) is 4.98 Å². The summed E-state index contributed by atoms with van der Waals surface area (Å²) >= 11 is 0. The fourth-order valence-electron chi connectivity index (χ4n) is 2.66. The van der Waals surface area contributed by atoms with Gasteiger partial charge in [0.15, 0.2) is 0 Å². The van der Waals surface area contributed by atoms with E-state index in [9.17, 15) is 0 Å². The molecular formula is C12H17N3O2. The molecule has 2 bridgehead atoms. The fraction of sp³-hybridized carbons (Fsp3) is 0.667. The van der Waals surface area contributed by atoms with Gasteiger partial charge in [0, 0.05) is 11.8 Å². The average Bonchev–Trinajstić information content (AvgIpc) is 2.90. The van der Waals surface area contributed by atoms with Crippen molar-refractivity contribution in [2.75, 3.05) is 12.4 Å². The molecule has 0 unspecified atom stereocenters. The van der Waals surface area contributed by atoms with E-state index in [0.29, 0.717) is 30.1 Å². The third-order valence-corrected chi connectivity index (χ3v) is 3.46. The Morgan fingerprint density at radius 3 is 2.94 bits per heavy atom. The third kappa shape index (κ3) is 2.07. The van der Waals surface area contributed by atoms with Crippen LogP contribution < -0.4 is 10.1 Å². The lowest BCUT2D eigenvalue weighted by Crippen LogP contribution is -2.31. The van der Waals surface area contributed by atoms with Crippen molar-refractivity contribution in [3.63, 3.8) is 0 Å². The van der Waals surface area contributed by atoms with Crippen molar-refractivity contribution in [2.45, 2.75) is 44.4 Å². The van der Waals surface area contributed by atoms with Crippen molar-refractivity contribution in [1.82, 2.24) is 9.97 Å².